The number of carboxylic acid groups (broad SMARTS) is 1. The number of ether oxygens (including phenoxy) is 2. The Morgan fingerprint density at radius 2 is 1.86 bits per heavy atom. The second-order valence-electron chi connectivity index (χ2n) is 10.2. The largest absolute Gasteiger partial charge is 0.494 e. The Morgan fingerprint density at radius 3 is 2.50 bits per heavy atom. The highest BCUT2D eigenvalue weighted by molar-refractivity contribution is 5.89. The molecule has 2 bridgehead atoms. The van der Waals surface area contributed by atoms with Crippen LogP contribution in [0.5, 0.6) is 5.75 Å². The van der Waals surface area contributed by atoms with Crippen LogP contribution in [0.2, 0.25) is 0 Å². The Kier molecular flexibility index (Phi) is 10.4. The van der Waals surface area contributed by atoms with Gasteiger partial charge in [-0.05, 0) is 61.6 Å². The Hall–Kier alpha value is -2.85. The number of rotatable bonds is 6. The fourth-order valence-electron chi connectivity index (χ4n) is 4.45. The number of carboxylic acids is 1. The average molecular weight is 505 g/mol. The van der Waals surface area contributed by atoms with Gasteiger partial charge in [-0.1, -0.05) is 26.0 Å². The number of benzene rings is 1. The summed E-state index contributed by atoms with van der Waals surface area (Å²) in [6.45, 7) is 5.51. The van der Waals surface area contributed by atoms with Gasteiger partial charge in [-0.15, -0.1) is 0 Å². The standard InChI is InChI=1S/C26H40N4O6/c1-16(2)23-15-35-9-3-4-10-36-20-7-5-17(6-8-20)13-21(24(31)28-23)29-26(34)30-22(25(32)33)14-18-11-19(27)12-18/h5-8,16,18-19,21-23H,3-4,9-15,27H2,1-2H3,(H,28,31)(H,32,33)(H2,29,30,34). The fraction of sp³-hybridized carbons (Fsp3) is 0.654. The number of hydrogen-bond donors (Lipinski definition) is 5. The fourth-order valence-corrected chi connectivity index (χ4v) is 4.45. The lowest BCUT2D eigenvalue weighted by atomic mass is 9.77. The van der Waals surface area contributed by atoms with Crippen molar-refractivity contribution in [3.8, 4) is 5.75 Å². The van der Waals surface area contributed by atoms with E-state index in [1.54, 1.807) is 0 Å². The van der Waals surface area contributed by atoms with Gasteiger partial charge in [0.25, 0.3) is 0 Å². The molecule has 2 heterocycles. The van der Waals surface area contributed by atoms with E-state index in [2.05, 4.69) is 16.0 Å². The molecule has 3 amide bonds. The van der Waals surface area contributed by atoms with Crippen molar-refractivity contribution in [1.29, 1.82) is 0 Å². The van der Waals surface area contributed by atoms with E-state index in [-0.39, 0.29) is 36.2 Å². The van der Waals surface area contributed by atoms with Gasteiger partial charge >= 0.3 is 12.0 Å². The van der Waals surface area contributed by atoms with E-state index in [1.165, 1.54) is 0 Å². The van der Waals surface area contributed by atoms with E-state index in [4.69, 9.17) is 15.2 Å². The second-order valence-corrected chi connectivity index (χ2v) is 10.2. The highest BCUT2D eigenvalue weighted by Crippen LogP contribution is 2.29. The maximum absolute atomic E-state index is 13.3. The maximum atomic E-state index is 13.3. The van der Waals surface area contributed by atoms with Crippen LogP contribution in [0.25, 0.3) is 0 Å². The molecule has 3 unspecified atom stereocenters. The SMILES string of the molecule is CC(C)C1COCCCCOc2ccc(cc2)CC(NC(=O)NC(CC2CC(N)C2)C(=O)O)C(=O)N1. The number of hydrogen-bond acceptors (Lipinski definition) is 6. The molecule has 4 rings (SSSR count). The summed E-state index contributed by atoms with van der Waals surface area (Å²) in [6, 6.07) is 4.62. The number of amides is 3. The van der Waals surface area contributed by atoms with E-state index in [1.807, 2.05) is 38.1 Å². The van der Waals surface area contributed by atoms with Gasteiger partial charge in [0.05, 0.1) is 19.3 Å². The van der Waals surface area contributed by atoms with Gasteiger partial charge < -0.3 is 36.3 Å². The molecular formula is C26H40N4O6. The molecule has 2 aliphatic heterocycles. The van der Waals surface area contributed by atoms with Gasteiger partial charge in [0.15, 0.2) is 0 Å². The zero-order valence-electron chi connectivity index (χ0n) is 21.2. The van der Waals surface area contributed by atoms with Gasteiger partial charge in [0.2, 0.25) is 5.91 Å². The summed E-state index contributed by atoms with van der Waals surface area (Å²) in [7, 11) is 0. The molecule has 36 heavy (non-hydrogen) atoms. The Bertz CT molecular complexity index is 872. The summed E-state index contributed by atoms with van der Waals surface area (Å²) in [5.41, 5.74) is 6.65. The van der Waals surface area contributed by atoms with Crippen LogP contribution in [0.3, 0.4) is 0 Å². The average Bonchev–Trinajstić information content (AvgIpc) is 2.80. The third-order valence-corrected chi connectivity index (χ3v) is 6.81. The van der Waals surface area contributed by atoms with Crippen LogP contribution in [0, 0.1) is 11.8 Å². The molecule has 6 N–H and O–H groups in total. The zero-order chi connectivity index (χ0) is 26.1. The summed E-state index contributed by atoms with van der Waals surface area (Å²) < 4.78 is 11.6. The van der Waals surface area contributed by atoms with Crippen LogP contribution in [-0.4, -0.2) is 67.0 Å². The summed E-state index contributed by atoms with van der Waals surface area (Å²) >= 11 is 0. The summed E-state index contributed by atoms with van der Waals surface area (Å²) in [5.74, 6) is -0.439. The van der Waals surface area contributed by atoms with Crippen LogP contribution in [0.1, 0.15) is 51.5 Å². The molecule has 1 aromatic carbocycles. The molecule has 10 nitrogen and oxygen atoms in total. The van der Waals surface area contributed by atoms with Crippen molar-refractivity contribution in [3.05, 3.63) is 29.8 Å². The molecule has 0 radical (unpaired) electrons. The number of nitrogens with one attached hydrogen (secondary N) is 3. The first-order chi connectivity index (χ1) is 17.2. The highest BCUT2D eigenvalue weighted by atomic mass is 16.5. The first-order valence-corrected chi connectivity index (χ1v) is 12.9. The molecule has 10 heteroatoms. The first kappa shape index (κ1) is 27.7. The van der Waals surface area contributed by atoms with Gasteiger partial charge in [-0.3, -0.25) is 4.79 Å². The van der Waals surface area contributed by atoms with E-state index in [0.29, 0.717) is 26.2 Å². The predicted octanol–water partition coefficient (Wildman–Crippen LogP) is 1.81. The molecule has 0 saturated heterocycles. The first-order valence-electron chi connectivity index (χ1n) is 12.9. The molecule has 3 aliphatic rings. The van der Waals surface area contributed by atoms with E-state index < -0.39 is 24.1 Å². The third-order valence-electron chi connectivity index (χ3n) is 6.81. The van der Waals surface area contributed by atoms with Gasteiger partial charge in [-0.2, -0.15) is 0 Å². The quantitative estimate of drug-likeness (QED) is 0.396. The van der Waals surface area contributed by atoms with Crippen molar-refractivity contribution in [2.24, 2.45) is 17.6 Å². The van der Waals surface area contributed by atoms with Crippen molar-refractivity contribution in [3.63, 3.8) is 0 Å². The van der Waals surface area contributed by atoms with Crippen molar-refractivity contribution in [2.75, 3.05) is 19.8 Å². The minimum atomic E-state index is -1.11. The number of urea groups is 1. The molecular weight excluding hydrogens is 464 g/mol. The molecule has 3 atom stereocenters. The second kappa shape index (κ2) is 13.5. The van der Waals surface area contributed by atoms with Crippen LogP contribution < -0.4 is 26.4 Å². The maximum Gasteiger partial charge on any atom is 0.326 e. The molecule has 1 fully saturated rings. The summed E-state index contributed by atoms with van der Waals surface area (Å²) in [6.07, 6.45) is 3.75. The van der Waals surface area contributed by atoms with E-state index in [9.17, 15) is 19.5 Å². The summed E-state index contributed by atoms with van der Waals surface area (Å²) in [4.78, 5) is 37.8. The molecule has 200 valence electrons. The lowest BCUT2D eigenvalue weighted by Gasteiger charge is -2.34. The lowest BCUT2D eigenvalue weighted by molar-refractivity contribution is -0.139. The van der Waals surface area contributed by atoms with Crippen LogP contribution in [0.15, 0.2) is 24.3 Å². The van der Waals surface area contributed by atoms with E-state index >= 15 is 0 Å². The lowest BCUT2D eigenvalue weighted by Crippen LogP contribution is -2.56. The number of fused-ring (bicyclic) bond motifs is 13. The Morgan fingerprint density at radius 1 is 1.17 bits per heavy atom. The third kappa shape index (κ3) is 8.67. The van der Waals surface area contributed by atoms with Crippen molar-refractivity contribution < 1.29 is 29.0 Å². The number of carbonyl (C=O) groups excluding carboxylic acids is 2. The molecule has 1 aliphatic carbocycles. The van der Waals surface area contributed by atoms with Gasteiger partial charge in [0.1, 0.15) is 17.8 Å². The smallest absolute Gasteiger partial charge is 0.326 e. The van der Waals surface area contributed by atoms with Crippen LogP contribution >= 0.6 is 0 Å². The van der Waals surface area contributed by atoms with Crippen molar-refractivity contribution in [2.45, 2.75) is 76.5 Å². The topological polar surface area (TPSA) is 152 Å². The minimum absolute atomic E-state index is 0.0926. The monoisotopic (exact) mass is 504 g/mol. The normalized spacial score (nSPS) is 26.3. The number of aliphatic carboxylic acids is 1. The Labute approximate surface area is 212 Å². The molecule has 0 aromatic heterocycles. The minimum Gasteiger partial charge on any atom is -0.494 e. The summed E-state index contributed by atoms with van der Waals surface area (Å²) in [5, 5.41) is 17.8. The van der Waals surface area contributed by atoms with E-state index in [0.717, 1.165) is 37.0 Å². The molecule has 0 spiro atoms. The number of nitrogens with two attached hydrogens (primary N) is 1. The van der Waals surface area contributed by atoms with Crippen LogP contribution in [0.4, 0.5) is 4.79 Å². The zero-order valence-corrected chi connectivity index (χ0v) is 21.2. The van der Waals surface area contributed by atoms with Crippen LogP contribution in [-0.2, 0) is 20.7 Å². The predicted molar refractivity (Wildman–Crippen MR) is 135 cm³/mol. The van der Waals surface area contributed by atoms with Gasteiger partial charge in [-0.25, -0.2) is 9.59 Å². The molecule has 1 aromatic rings. The Balaban J connectivity index is 1.71. The number of carbonyl (C=O) groups is 3. The molecule has 1 saturated carbocycles. The van der Waals surface area contributed by atoms with Gasteiger partial charge in [0, 0.05) is 19.1 Å². The van der Waals surface area contributed by atoms with Crippen molar-refractivity contribution >= 4 is 17.9 Å². The van der Waals surface area contributed by atoms with Crippen molar-refractivity contribution in [1.82, 2.24) is 16.0 Å². The highest BCUT2D eigenvalue weighted by Gasteiger charge is 2.33.